The molecule has 0 fully saturated rings. The number of benzene rings is 1. The number of nitrogens with zero attached hydrogens (tertiary/aromatic N) is 5. The molecule has 1 amide bonds. The minimum atomic E-state index is -0.809. The summed E-state index contributed by atoms with van der Waals surface area (Å²) in [6.45, 7) is 0.415. The number of amides is 1. The summed E-state index contributed by atoms with van der Waals surface area (Å²) in [6, 6.07) is 7.17. The summed E-state index contributed by atoms with van der Waals surface area (Å²) in [5.41, 5.74) is 0.0117. The number of hydrogen-bond acceptors (Lipinski definition) is 7. The molecule has 2 heterocycles. The number of nitro groups is 1. The van der Waals surface area contributed by atoms with Crippen molar-refractivity contribution in [3.63, 3.8) is 0 Å². The molecular formula is C14H12ClN7O4. The number of rotatable bonds is 6. The summed E-state index contributed by atoms with van der Waals surface area (Å²) < 4.78 is 6.26. The number of hydrogen-bond donors (Lipinski definition) is 2. The Bertz CT molecular complexity index is 951. The Labute approximate surface area is 151 Å². The summed E-state index contributed by atoms with van der Waals surface area (Å²) in [7, 11) is 1.21. The number of aromatic amines is 1. The van der Waals surface area contributed by atoms with Crippen LogP contribution in [0.1, 0.15) is 16.1 Å². The predicted molar refractivity (Wildman–Crippen MR) is 90.3 cm³/mol. The third kappa shape index (κ3) is 3.62. The van der Waals surface area contributed by atoms with Gasteiger partial charge in [0, 0.05) is 5.02 Å². The standard InChI is InChI=1S/C14H12ClN7O4/c1-26-13-11(22(24)25)10(18-19-13)12(23)17-14-16-7-21(20-14)6-8-2-4-9(15)5-3-8/h2-5,7H,6H2,1H3,(H,18,19)(H,17,20,23). The molecule has 0 atom stereocenters. The quantitative estimate of drug-likeness (QED) is 0.493. The molecule has 12 heteroatoms. The highest BCUT2D eigenvalue weighted by Gasteiger charge is 2.30. The molecule has 0 spiro atoms. The molecule has 0 saturated carbocycles. The minimum absolute atomic E-state index is 0.00757. The molecule has 2 aromatic heterocycles. The Kier molecular flexibility index (Phi) is 4.80. The van der Waals surface area contributed by atoms with Crippen LogP contribution >= 0.6 is 11.6 Å². The molecule has 3 aromatic rings. The fraction of sp³-hybridized carbons (Fsp3) is 0.143. The van der Waals surface area contributed by atoms with Crippen molar-refractivity contribution in [1.29, 1.82) is 0 Å². The first-order valence-corrected chi connectivity index (χ1v) is 7.57. The molecule has 0 aliphatic carbocycles. The highest BCUT2D eigenvalue weighted by Crippen LogP contribution is 2.27. The summed E-state index contributed by atoms with van der Waals surface area (Å²) in [5.74, 6) is -1.11. The fourth-order valence-electron chi connectivity index (χ4n) is 2.16. The van der Waals surface area contributed by atoms with Gasteiger partial charge in [0.15, 0.2) is 0 Å². The van der Waals surface area contributed by atoms with Crippen molar-refractivity contribution in [2.45, 2.75) is 6.54 Å². The Balaban J connectivity index is 1.73. The van der Waals surface area contributed by atoms with Crippen LogP contribution in [0.4, 0.5) is 11.6 Å². The van der Waals surface area contributed by atoms with E-state index in [0.717, 1.165) is 5.56 Å². The first-order valence-electron chi connectivity index (χ1n) is 7.20. The summed E-state index contributed by atoms with van der Waals surface area (Å²) in [4.78, 5) is 26.5. The van der Waals surface area contributed by atoms with Crippen LogP contribution in [0.25, 0.3) is 0 Å². The molecule has 1 aromatic carbocycles. The minimum Gasteiger partial charge on any atom is -0.475 e. The van der Waals surface area contributed by atoms with Crippen molar-refractivity contribution < 1.29 is 14.5 Å². The monoisotopic (exact) mass is 377 g/mol. The summed E-state index contributed by atoms with van der Waals surface area (Å²) in [6.07, 6.45) is 1.42. The van der Waals surface area contributed by atoms with Gasteiger partial charge in [-0.2, -0.15) is 0 Å². The van der Waals surface area contributed by atoms with Gasteiger partial charge < -0.3 is 4.74 Å². The van der Waals surface area contributed by atoms with Crippen LogP contribution in [-0.4, -0.2) is 42.9 Å². The normalized spacial score (nSPS) is 10.5. The van der Waals surface area contributed by atoms with Gasteiger partial charge in [0.05, 0.1) is 18.6 Å². The van der Waals surface area contributed by atoms with Crippen LogP contribution < -0.4 is 10.1 Å². The first-order chi connectivity index (χ1) is 12.5. The van der Waals surface area contributed by atoms with Crippen LogP contribution in [0.2, 0.25) is 5.02 Å². The van der Waals surface area contributed by atoms with Crippen molar-refractivity contribution in [3.8, 4) is 5.88 Å². The van der Waals surface area contributed by atoms with Gasteiger partial charge in [0.25, 0.3) is 5.91 Å². The maximum atomic E-state index is 12.2. The van der Waals surface area contributed by atoms with E-state index in [-0.39, 0.29) is 17.5 Å². The van der Waals surface area contributed by atoms with Gasteiger partial charge >= 0.3 is 11.6 Å². The summed E-state index contributed by atoms with van der Waals surface area (Å²) in [5, 5.41) is 24.0. The van der Waals surface area contributed by atoms with Crippen LogP contribution in [-0.2, 0) is 6.54 Å². The molecular weight excluding hydrogens is 366 g/mol. The molecule has 0 bridgehead atoms. The SMILES string of the molecule is COc1n[nH]c(C(=O)Nc2ncn(Cc3ccc(Cl)cc3)n2)c1[N+](=O)[O-]. The highest BCUT2D eigenvalue weighted by molar-refractivity contribution is 6.30. The third-order valence-electron chi connectivity index (χ3n) is 3.33. The molecule has 0 aliphatic rings. The number of ether oxygens (including phenoxy) is 1. The number of aromatic nitrogens is 5. The van der Waals surface area contributed by atoms with Crippen molar-refractivity contribution in [1.82, 2.24) is 25.0 Å². The number of carbonyl (C=O) groups excluding carboxylic acids is 1. The molecule has 0 unspecified atom stereocenters. The number of methoxy groups -OCH3 is 1. The zero-order valence-electron chi connectivity index (χ0n) is 13.3. The number of carbonyl (C=O) groups is 1. The molecule has 3 rings (SSSR count). The average Bonchev–Trinajstić information content (AvgIpc) is 3.23. The molecule has 2 N–H and O–H groups in total. The van der Waals surface area contributed by atoms with Crippen LogP contribution in [0.15, 0.2) is 30.6 Å². The molecule has 26 heavy (non-hydrogen) atoms. The van der Waals surface area contributed by atoms with Crippen LogP contribution in [0.3, 0.4) is 0 Å². The van der Waals surface area contributed by atoms with Crippen molar-refractivity contribution >= 4 is 29.1 Å². The van der Waals surface area contributed by atoms with Crippen molar-refractivity contribution in [3.05, 3.63) is 57.0 Å². The van der Waals surface area contributed by atoms with Gasteiger partial charge in [0.1, 0.15) is 6.33 Å². The maximum Gasteiger partial charge on any atom is 0.362 e. The van der Waals surface area contributed by atoms with Gasteiger partial charge in [-0.1, -0.05) is 23.7 Å². The fourth-order valence-corrected chi connectivity index (χ4v) is 2.28. The highest BCUT2D eigenvalue weighted by atomic mass is 35.5. The smallest absolute Gasteiger partial charge is 0.362 e. The average molecular weight is 378 g/mol. The van der Waals surface area contributed by atoms with E-state index in [9.17, 15) is 14.9 Å². The second-order valence-electron chi connectivity index (χ2n) is 5.06. The third-order valence-corrected chi connectivity index (χ3v) is 3.58. The van der Waals surface area contributed by atoms with Gasteiger partial charge in [0.2, 0.25) is 11.6 Å². The zero-order valence-corrected chi connectivity index (χ0v) is 14.1. The number of H-pyrrole nitrogens is 1. The lowest BCUT2D eigenvalue weighted by Crippen LogP contribution is -2.15. The van der Waals surface area contributed by atoms with E-state index in [4.69, 9.17) is 16.3 Å². The predicted octanol–water partition coefficient (Wildman–Crippen LogP) is 1.87. The Morgan fingerprint density at radius 1 is 1.42 bits per heavy atom. The van der Waals surface area contributed by atoms with E-state index >= 15 is 0 Å². The Morgan fingerprint density at radius 3 is 2.81 bits per heavy atom. The molecule has 134 valence electrons. The van der Waals surface area contributed by atoms with Gasteiger partial charge in [-0.15, -0.1) is 10.2 Å². The first kappa shape index (κ1) is 17.4. The number of halogens is 1. The van der Waals surface area contributed by atoms with E-state index in [1.165, 1.54) is 18.1 Å². The Morgan fingerprint density at radius 2 is 2.15 bits per heavy atom. The summed E-state index contributed by atoms with van der Waals surface area (Å²) >= 11 is 5.83. The second-order valence-corrected chi connectivity index (χ2v) is 5.50. The number of nitrogens with one attached hydrogen (secondary N) is 2. The van der Waals surface area contributed by atoms with Gasteiger partial charge in [-0.3, -0.25) is 25.3 Å². The lowest BCUT2D eigenvalue weighted by atomic mass is 10.2. The van der Waals surface area contributed by atoms with Crippen molar-refractivity contribution in [2.24, 2.45) is 0 Å². The van der Waals surface area contributed by atoms with Crippen molar-refractivity contribution in [2.75, 3.05) is 12.4 Å². The zero-order chi connectivity index (χ0) is 18.7. The molecule has 11 nitrogen and oxygen atoms in total. The van der Waals surface area contributed by atoms with E-state index < -0.39 is 16.5 Å². The topological polar surface area (TPSA) is 141 Å². The lowest BCUT2D eigenvalue weighted by Gasteiger charge is -2.01. The molecule has 0 aliphatic heterocycles. The maximum absolute atomic E-state index is 12.2. The molecule has 0 radical (unpaired) electrons. The second kappa shape index (κ2) is 7.19. The van der Waals surface area contributed by atoms with Gasteiger partial charge in [-0.25, -0.2) is 9.67 Å². The van der Waals surface area contributed by atoms with E-state index in [1.807, 2.05) is 12.1 Å². The largest absolute Gasteiger partial charge is 0.475 e. The van der Waals surface area contributed by atoms with E-state index in [2.05, 4.69) is 25.6 Å². The molecule has 0 saturated heterocycles. The van der Waals surface area contributed by atoms with Crippen LogP contribution in [0, 0.1) is 10.1 Å². The van der Waals surface area contributed by atoms with E-state index in [0.29, 0.717) is 11.6 Å². The van der Waals surface area contributed by atoms with Gasteiger partial charge in [-0.05, 0) is 17.7 Å². The van der Waals surface area contributed by atoms with Crippen LogP contribution in [0.5, 0.6) is 5.88 Å². The lowest BCUT2D eigenvalue weighted by molar-refractivity contribution is -0.386. The number of anilines is 1. The van der Waals surface area contributed by atoms with E-state index in [1.54, 1.807) is 12.1 Å². The Hall–Kier alpha value is -3.47.